The van der Waals surface area contributed by atoms with Gasteiger partial charge in [-0.1, -0.05) is 26.7 Å². The van der Waals surface area contributed by atoms with Gasteiger partial charge in [0.25, 0.3) is 0 Å². The van der Waals surface area contributed by atoms with E-state index < -0.39 is 0 Å². The van der Waals surface area contributed by atoms with E-state index in [1.54, 1.807) is 6.33 Å². The number of hydrogen-bond donors (Lipinski definition) is 2. The Morgan fingerprint density at radius 1 is 1.28 bits per heavy atom. The van der Waals surface area contributed by atoms with Gasteiger partial charge in [-0.05, 0) is 24.7 Å². The Morgan fingerprint density at radius 2 is 2.00 bits per heavy atom. The van der Waals surface area contributed by atoms with Gasteiger partial charge in [-0.25, -0.2) is 9.97 Å². The molecule has 0 radical (unpaired) electrons. The molecule has 0 amide bonds. The third-order valence-corrected chi connectivity index (χ3v) is 3.93. The maximum Gasteiger partial charge on any atom is 0.134 e. The van der Waals surface area contributed by atoms with Gasteiger partial charge >= 0.3 is 0 Å². The van der Waals surface area contributed by atoms with Gasteiger partial charge in [0.2, 0.25) is 0 Å². The molecule has 18 heavy (non-hydrogen) atoms. The number of nitrogens with one attached hydrogen (secondary N) is 2. The van der Waals surface area contributed by atoms with E-state index in [9.17, 15) is 0 Å². The molecule has 2 N–H and O–H groups in total. The van der Waals surface area contributed by atoms with Crippen molar-refractivity contribution in [1.29, 1.82) is 0 Å². The first-order chi connectivity index (χ1) is 8.68. The van der Waals surface area contributed by atoms with Crippen molar-refractivity contribution in [2.75, 3.05) is 24.2 Å². The Bertz CT molecular complexity index is 399. The van der Waals surface area contributed by atoms with Crippen LogP contribution in [0.2, 0.25) is 0 Å². The number of nitrogens with zero attached hydrogens (tertiary/aromatic N) is 2. The average Bonchev–Trinajstić information content (AvgIpc) is 2.35. The fourth-order valence-electron chi connectivity index (χ4n) is 2.52. The van der Waals surface area contributed by atoms with Crippen molar-refractivity contribution in [3.05, 3.63) is 11.9 Å². The van der Waals surface area contributed by atoms with Crippen molar-refractivity contribution >= 4 is 11.6 Å². The van der Waals surface area contributed by atoms with E-state index in [0.29, 0.717) is 5.41 Å². The number of rotatable bonds is 6. The number of aromatic nitrogens is 2. The predicted molar refractivity (Wildman–Crippen MR) is 76.0 cm³/mol. The van der Waals surface area contributed by atoms with Gasteiger partial charge in [0.05, 0.1) is 0 Å². The second-order valence-electron chi connectivity index (χ2n) is 5.57. The molecule has 1 aliphatic carbocycles. The van der Waals surface area contributed by atoms with E-state index in [1.807, 2.05) is 7.05 Å². The molecule has 100 valence electrons. The average molecular weight is 248 g/mol. The Morgan fingerprint density at radius 3 is 2.56 bits per heavy atom. The second-order valence-corrected chi connectivity index (χ2v) is 5.57. The van der Waals surface area contributed by atoms with Crippen molar-refractivity contribution in [3.8, 4) is 0 Å². The van der Waals surface area contributed by atoms with Crippen LogP contribution < -0.4 is 10.6 Å². The van der Waals surface area contributed by atoms with Crippen LogP contribution in [0.4, 0.5) is 11.6 Å². The molecular weight excluding hydrogens is 224 g/mol. The van der Waals surface area contributed by atoms with Gasteiger partial charge < -0.3 is 10.6 Å². The lowest BCUT2D eigenvalue weighted by Gasteiger charge is -2.38. The first kappa shape index (κ1) is 13.1. The molecule has 1 heterocycles. The van der Waals surface area contributed by atoms with Crippen LogP contribution in [0.1, 0.15) is 45.1 Å². The van der Waals surface area contributed by atoms with Crippen LogP contribution in [0, 0.1) is 5.41 Å². The van der Waals surface area contributed by atoms with Gasteiger partial charge in [0.15, 0.2) is 0 Å². The minimum absolute atomic E-state index is 0.467. The summed E-state index contributed by atoms with van der Waals surface area (Å²) in [6.07, 6.45) is 7.77. The summed E-state index contributed by atoms with van der Waals surface area (Å²) in [5, 5.41) is 6.68. The summed E-state index contributed by atoms with van der Waals surface area (Å²) in [5.41, 5.74) is 1.68. The Kier molecular flexibility index (Phi) is 4.04. The summed E-state index contributed by atoms with van der Waals surface area (Å²) >= 11 is 0. The number of anilines is 2. The molecule has 1 aromatic heterocycles. The molecule has 1 saturated carbocycles. The summed E-state index contributed by atoms with van der Waals surface area (Å²) in [7, 11) is 1.92. The smallest absolute Gasteiger partial charge is 0.134 e. The first-order valence-corrected chi connectivity index (χ1v) is 6.94. The predicted octanol–water partition coefficient (Wildman–Crippen LogP) is 3.07. The third-order valence-electron chi connectivity index (χ3n) is 3.93. The van der Waals surface area contributed by atoms with Crippen LogP contribution in [0.5, 0.6) is 0 Å². The van der Waals surface area contributed by atoms with Gasteiger partial charge in [0, 0.05) is 19.2 Å². The highest BCUT2D eigenvalue weighted by atomic mass is 15.1. The minimum Gasteiger partial charge on any atom is -0.373 e. The Balaban J connectivity index is 2.10. The van der Waals surface area contributed by atoms with Gasteiger partial charge in [-0.3, -0.25) is 0 Å². The van der Waals surface area contributed by atoms with Gasteiger partial charge in [0.1, 0.15) is 18.0 Å². The highest BCUT2D eigenvalue weighted by Gasteiger charge is 2.31. The lowest BCUT2D eigenvalue weighted by atomic mass is 9.70. The molecule has 0 aromatic carbocycles. The van der Waals surface area contributed by atoms with E-state index in [2.05, 4.69) is 34.4 Å². The number of hydrogen-bond acceptors (Lipinski definition) is 4. The quantitative estimate of drug-likeness (QED) is 0.812. The van der Waals surface area contributed by atoms with Crippen molar-refractivity contribution in [2.24, 2.45) is 5.41 Å². The minimum atomic E-state index is 0.467. The summed E-state index contributed by atoms with van der Waals surface area (Å²) in [6, 6.07) is 0. The molecule has 0 unspecified atom stereocenters. The zero-order chi connectivity index (χ0) is 13.0. The molecule has 0 aliphatic heterocycles. The fraction of sp³-hybridized carbons (Fsp3) is 0.714. The van der Waals surface area contributed by atoms with Crippen molar-refractivity contribution in [2.45, 2.75) is 46.0 Å². The van der Waals surface area contributed by atoms with Crippen molar-refractivity contribution < 1.29 is 0 Å². The van der Waals surface area contributed by atoms with Crippen LogP contribution in [0.25, 0.3) is 0 Å². The molecule has 2 rings (SSSR count). The maximum absolute atomic E-state index is 4.41. The van der Waals surface area contributed by atoms with Crippen LogP contribution in [0.3, 0.4) is 0 Å². The molecule has 1 aromatic rings. The molecular formula is C14H24N4. The van der Waals surface area contributed by atoms with E-state index in [4.69, 9.17) is 0 Å². The van der Waals surface area contributed by atoms with Crippen molar-refractivity contribution in [3.63, 3.8) is 0 Å². The zero-order valence-corrected chi connectivity index (χ0v) is 11.7. The monoisotopic (exact) mass is 248 g/mol. The highest BCUT2D eigenvalue weighted by Crippen LogP contribution is 2.40. The van der Waals surface area contributed by atoms with E-state index >= 15 is 0 Å². The molecule has 0 saturated heterocycles. The maximum atomic E-state index is 4.41. The summed E-state index contributed by atoms with van der Waals surface area (Å²) in [6.45, 7) is 5.55. The standard InChI is InChI=1S/C14H24N4/c1-4-6-11-12(15-3)17-10-18-13(11)16-9-14(2)7-5-8-14/h10H,4-9H2,1-3H3,(H2,15,16,17,18). The van der Waals surface area contributed by atoms with Gasteiger partial charge in [-0.15, -0.1) is 0 Å². The highest BCUT2D eigenvalue weighted by molar-refractivity contribution is 5.57. The van der Waals surface area contributed by atoms with Crippen LogP contribution in [0.15, 0.2) is 6.33 Å². The van der Waals surface area contributed by atoms with Gasteiger partial charge in [-0.2, -0.15) is 0 Å². The lowest BCUT2D eigenvalue weighted by molar-refractivity contribution is 0.179. The molecule has 1 fully saturated rings. The summed E-state index contributed by atoms with van der Waals surface area (Å²) in [5.74, 6) is 1.96. The summed E-state index contributed by atoms with van der Waals surface area (Å²) < 4.78 is 0. The first-order valence-electron chi connectivity index (χ1n) is 6.94. The Labute approximate surface area is 110 Å². The van der Waals surface area contributed by atoms with Crippen LogP contribution >= 0.6 is 0 Å². The second kappa shape index (κ2) is 5.55. The van der Waals surface area contributed by atoms with E-state index in [1.165, 1.54) is 24.8 Å². The molecule has 4 nitrogen and oxygen atoms in total. The van der Waals surface area contributed by atoms with Crippen LogP contribution in [-0.4, -0.2) is 23.6 Å². The molecule has 4 heteroatoms. The van der Waals surface area contributed by atoms with Crippen LogP contribution in [-0.2, 0) is 6.42 Å². The van der Waals surface area contributed by atoms with Crippen molar-refractivity contribution in [1.82, 2.24) is 9.97 Å². The Hall–Kier alpha value is -1.32. The molecule has 1 aliphatic rings. The molecule has 0 bridgehead atoms. The topological polar surface area (TPSA) is 49.8 Å². The lowest BCUT2D eigenvalue weighted by Crippen LogP contribution is -2.33. The third kappa shape index (κ3) is 2.74. The largest absolute Gasteiger partial charge is 0.373 e. The van der Waals surface area contributed by atoms with E-state index in [0.717, 1.165) is 31.0 Å². The summed E-state index contributed by atoms with van der Waals surface area (Å²) in [4.78, 5) is 8.70. The zero-order valence-electron chi connectivity index (χ0n) is 11.7. The SMILES string of the molecule is CCCc1c(NC)ncnc1NCC1(C)CCC1. The molecule has 0 spiro atoms. The van der Waals surface area contributed by atoms with E-state index in [-0.39, 0.29) is 0 Å². The normalized spacial score (nSPS) is 17.1. The molecule has 0 atom stereocenters. The fourth-order valence-corrected chi connectivity index (χ4v) is 2.52.